The molecule has 8 heteroatoms. The standard InChI is InChI=1S/C20H16FN5O2/c21-16-4-3-15(8-14(16)10-22)24-19(27)13-5-7-26(11-13)20(28)17-9-12-2-1-6-23-18(12)25-17/h1-4,6,8-9,13H,5,7,11H2,(H,23,25)(H,24,27)/t13-/m0/s1. The number of nitrogens with zero attached hydrogens (tertiary/aromatic N) is 3. The third-order valence-corrected chi connectivity index (χ3v) is 4.82. The molecule has 7 nitrogen and oxygen atoms in total. The van der Waals surface area contributed by atoms with E-state index in [0.29, 0.717) is 36.5 Å². The molecule has 28 heavy (non-hydrogen) atoms. The number of pyridine rings is 1. The van der Waals surface area contributed by atoms with Gasteiger partial charge in [-0.3, -0.25) is 9.59 Å². The van der Waals surface area contributed by atoms with Gasteiger partial charge < -0.3 is 15.2 Å². The summed E-state index contributed by atoms with van der Waals surface area (Å²) in [6.07, 6.45) is 2.18. The first kappa shape index (κ1) is 17.7. The van der Waals surface area contributed by atoms with Crippen molar-refractivity contribution in [2.45, 2.75) is 6.42 Å². The maximum atomic E-state index is 13.4. The molecule has 0 bridgehead atoms. The molecule has 1 atom stereocenters. The molecule has 4 rings (SSSR count). The van der Waals surface area contributed by atoms with Gasteiger partial charge in [-0.25, -0.2) is 9.37 Å². The smallest absolute Gasteiger partial charge is 0.270 e. The van der Waals surface area contributed by atoms with E-state index in [4.69, 9.17) is 5.26 Å². The molecule has 3 heterocycles. The second kappa shape index (κ2) is 7.12. The Hall–Kier alpha value is -3.73. The van der Waals surface area contributed by atoms with Gasteiger partial charge in [-0.2, -0.15) is 5.26 Å². The number of anilines is 1. The third-order valence-electron chi connectivity index (χ3n) is 4.82. The van der Waals surface area contributed by atoms with E-state index in [1.807, 2.05) is 6.07 Å². The highest BCUT2D eigenvalue weighted by molar-refractivity contribution is 5.98. The molecule has 140 valence electrons. The number of halogens is 1. The van der Waals surface area contributed by atoms with E-state index >= 15 is 0 Å². The van der Waals surface area contributed by atoms with Gasteiger partial charge in [0.1, 0.15) is 23.2 Å². The zero-order valence-electron chi connectivity index (χ0n) is 14.8. The van der Waals surface area contributed by atoms with Crippen molar-refractivity contribution in [1.29, 1.82) is 5.26 Å². The van der Waals surface area contributed by atoms with E-state index in [2.05, 4.69) is 15.3 Å². The number of carbonyl (C=O) groups excluding carboxylic acids is 2. The maximum absolute atomic E-state index is 13.4. The van der Waals surface area contributed by atoms with Gasteiger partial charge in [-0.05, 0) is 42.8 Å². The summed E-state index contributed by atoms with van der Waals surface area (Å²) in [6.45, 7) is 0.756. The van der Waals surface area contributed by atoms with E-state index in [0.717, 1.165) is 11.5 Å². The Morgan fingerprint density at radius 1 is 1.32 bits per heavy atom. The average molecular weight is 377 g/mol. The number of nitrogens with one attached hydrogen (secondary N) is 2. The Labute approximate surface area is 159 Å². The fraction of sp³-hybridized carbons (Fsp3) is 0.200. The van der Waals surface area contributed by atoms with Crippen molar-refractivity contribution >= 4 is 28.5 Å². The lowest BCUT2D eigenvalue weighted by atomic mass is 10.1. The van der Waals surface area contributed by atoms with Gasteiger partial charge in [0, 0.05) is 30.4 Å². The lowest BCUT2D eigenvalue weighted by Crippen LogP contribution is -2.31. The van der Waals surface area contributed by atoms with Crippen LogP contribution in [0.5, 0.6) is 0 Å². The molecule has 1 aliphatic rings. The van der Waals surface area contributed by atoms with Crippen LogP contribution in [0.15, 0.2) is 42.6 Å². The van der Waals surface area contributed by atoms with Crippen LogP contribution in [0.1, 0.15) is 22.5 Å². The first-order chi connectivity index (χ1) is 13.5. The highest BCUT2D eigenvalue weighted by Crippen LogP contribution is 2.22. The number of hydrogen-bond donors (Lipinski definition) is 2. The SMILES string of the molecule is N#Cc1cc(NC(=O)[C@H]2CCN(C(=O)c3cc4cccnc4[nH]3)C2)ccc1F. The van der Waals surface area contributed by atoms with Crippen LogP contribution in [0.25, 0.3) is 11.0 Å². The lowest BCUT2D eigenvalue weighted by Gasteiger charge is -2.15. The van der Waals surface area contributed by atoms with Gasteiger partial charge in [0.15, 0.2) is 0 Å². The van der Waals surface area contributed by atoms with Gasteiger partial charge in [0.2, 0.25) is 5.91 Å². The largest absolute Gasteiger partial charge is 0.337 e. The third kappa shape index (κ3) is 3.30. The molecular weight excluding hydrogens is 361 g/mol. The molecule has 1 aliphatic heterocycles. The molecule has 1 aromatic carbocycles. The highest BCUT2D eigenvalue weighted by Gasteiger charge is 2.32. The fourth-order valence-electron chi connectivity index (χ4n) is 3.34. The zero-order valence-corrected chi connectivity index (χ0v) is 14.8. The van der Waals surface area contributed by atoms with Crippen molar-refractivity contribution < 1.29 is 14.0 Å². The van der Waals surface area contributed by atoms with Gasteiger partial charge >= 0.3 is 0 Å². The van der Waals surface area contributed by atoms with Gasteiger partial charge in [-0.15, -0.1) is 0 Å². The van der Waals surface area contributed by atoms with Gasteiger partial charge in [0.05, 0.1) is 11.5 Å². The summed E-state index contributed by atoms with van der Waals surface area (Å²) in [5, 5.41) is 12.4. The number of aromatic nitrogens is 2. The molecule has 0 radical (unpaired) electrons. The number of benzene rings is 1. The molecule has 1 saturated heterocycles. The molecular formula is C20H16FN5O2. The van der Waals surface area contributed by atoms with Crippen LogP contribution in [0, 0.1) is 23.1 Å². The molecule has 1 fully saturated rings. The van der Waals surface area contributed by atoms with E-state index in [-0.39, 0.29) is 23.3 Å². The van der Waals surface area contributed by atoms with Crippen molar-refractivity contribution in [3.05, 3.63) is 59.7 Å². The Bertz CT molecular complexity index is 1080. The predicted octanol–water partition coefficient (Wildman–Crippen LogP) is 2.67. The monoisotopic (exact) mass is 377 g/mol. The minimum atomic E-state index is -0.633. The number of carbonyl (C=O) groups is 2. The predicted molar refractivity (Wildman–Crippen MR) is 99.8 cm³/mol. The Morgan fingerprint density at radius 3 is 2.96 bits per heavy atom. The summed E-state index contributed by atoms with van der Waals surface area (Å²) in [4.78, 5) is 34.0. The Balaban J connectivity index is 1.42. The minimum Gasteiger partial charge on any atom is -0.337 e. The van der Waals surface area contributed by atoms with Gasteiger partial charge in [0.25, 0.3) is 5.91 Å². The lowest BCUT2D eigenvalue weighted by molar-refractivity contribution is -0.119. The first-order valence-electron chi connectivity index (χ1n) is 8.78. The topological polar surface area (TPSA) is 102 Å². The van der Waals surface area contributed by atoms with Gasteiger partial charge in [-0.1, -0.05) is 0 Å². The van der Waals surface area contributed by atoms with E-state index in [1.54, 1.807) is 29.3 Å². The number of rotatable bonds is 3. The highest BCUT2D eigenvalue weighted by atomic mass is 19.1. The fourth-order valence-corrected chi connectivity index (χ4v) is 3.34. The maximum Gasteiger partial charge on any atom is 0.270 e. The van der Waals surface area contributed by atoms with Crippen LogP contribution in [-0.4, -0.2) is 39.8 Å². The average Bonchev–Trinajstić information content (AvgIpc) is 3.36. The molecule has 2 aromatic heterocycles. The van der Waals surface area contributed by atoms with Crippen LogP contribution in [0.3, 0.4) is 0 Å². The van der Waals surface area contributed by atoms with E-state index < -0.39 is 5.82 Å². The van der Waals surface area contributed by atoms with Crippen LogP contribution >= 0.6 is 0 Å². The molecule has 2 N–H and O–H groups in total. The summed E-state index contributed by atoms with van der Waals surface area (Å²) in [6, 6.07) is 11.0. The summed E-state index contributed by atoms with van der Waals surface area (Å²) >= 11 is 0. The quantitative estimate of drug-likeness (QED) is 0.733. The number of amides is 2. The summed E-state index contributed by atoms with van der Waals surface area (Å²) in [7, 11) is 0. The number of likely N-dealkylation sites (tertiary alicyclic amines) is 1. The summed E-state index contributed by atoms with van der Waals surface area (Å²) in [5.74, 6) is -1.45. The van der Waals surface area contributed by atoms with Crippen LogP contribution in [0.4, 0.5) is 10.1 Å². The van der Waals surface area contributed by atoms with E-state index in [1.165, 1.54) is 12.1 Å². The molecule has 0 spiro atoms. The molecule has 2 amide bonds. The second-order valence-electron chi connectivity index (χ2n) is 6.66. The Morgan fingerprint density at radius 2 is 2.18 bits per heavy atom. The van der Waals surface area contributed by atoms with Crippen LogP contribution < -0.4 is 5.32 Å². The van der Waals surface area contributed by atoms with Crippen molar-refractivity contribution in [3.63, 3.8) is 0 Å². The number of aromatic amines is 1. The molecule has 0 unspecified atom stereocenters. The normalized spacial score (nSPS) is 16.1. The number of fused-ring (bicyclic) bond motifs is 1. The molecule has 3 aromatic rings. The summed E-state index contributed by atoms with van der Waals surface area (Å²) in [5.41, 5.74) is 1.30. The number of hydrogen-bond acceptors (Lipinski definition) is 4. The van der Waals surface area contributed by atoms with Crippen LogP contribution in [0.2, 0.25) is 0 Å². The van der Waals surface area contributed by atoms with Crippen molar-refractivity contribution in [2.75, 3.05) is 18.4 Å². The molecule has 0 saturated carbocycles. The zero-order chi connectivity index (χ0) is 19.7. The van der Waals surface area contributed by atoms with E-state index in [9.17, 15) is 14.0 Å². The number of nitriles is 1. The Kier molecular flexibility index (Phi) is 4.49. The van der Waals surface area contributed by atoms with Crippen molar-refractivity contribution in [3.8, 4) is 6.07 Å². The molecule has 0 aliphatic carbocycles. The van der Waals surface area contributed by atoms with Crippen molar-refractivity contribution in [1.82, 2.24) is 14.9 Å². The first-order valence-corrected chi connectivity index (χ1v) is 8.78. The minimum absolute atomic E-state index is 0.131. The second-order valence-corrected chi connectivity index (χ2v) is 6.66. The van der Waals surface area contributed by atoms with Crippen LogP contribution in [-0.2, 0) is 4.79 Å². The van der Waals surface area contributed by atoms with Crippen molar-refractivity contribution in [2.24, 2.45) is 5.92 Å². The number of H-pyrrole nitrogens is 1. The summed E-state index contributed by atoms with van der Waals surface area (Å²) < 4.78 is 13.4.